The van der Waals surface area contributed by atoms with Gasteiger partial charge in [-0.25, -0.2) is 18.5 Å². The van der Waals surface area contributed by atoms with Crippen LogP contribution in [0.15, 0.2) is 46.3 Å². The highest BCUT2D eigenvalue weighted by Gasteiger charge is 2.28. The monoisotopic (exact) mass is 374 g/mol. The minimum Gasteiger partial charge on any atom is -0.300 e. The Morgan fingerprint density at radius 3 is 2.59 bits per heavy atom. The van der Waals surface area contributed by atoms with Crippen LogP contribution in [0.1, 0.15) is 36.6 Å². The van der Waals surface area contributed by atoms with Crippen LogP contribution in [0.3, 0.4) is 0 Å². The SMILES string of the molecule is C=C(CCC(=O)N1N=CCC1c1cc(F)cc(F)c1)Cn1[nH]c(C)cc1=O. The highest BCUT2D eigenvalue weighted by atomic mass is 19.1. The lowest BCUT2D eigenvalue weighted by atomic mass is 10.0. The molecular weight excluding hydrogens is 354 g/mol. The van der Waals surface area contributed by atoms with E-state index in [2.05, 4.69) is 16.8 Å². The fourth-order valence-electron chi connectivity index (χ4n) is 3.08. The van der Waals surface area contributed by atoms with Crippen LogP contribution in [-0.4, -0.2) is 26.9 Å². The molecule has 1 atom stereocenters. The number of H-pyrrole nitrogens is 1. The van der Waals surface area contributed by atoms with Gasteiger partial charge in [0, 0.05) is 36.9 Å². The van der Waals surface area contributed by atoms with Crippen LogP contribution < -0.4 is 5.56 Å². The van der Waals surface area contributed by atoms with E-state index in [4.69, 9.17) is 0 Å². The zero-order valence-electron chi connectivity index (χ0n) is 14.9. The van der Waals surface area contributed by atoms with Crippen molar-refractivity contribution in [1.29, 1.82) is 0 Å². The summed E-state index contributed by atoms with van der Waals surface area (Å²) in [6.07, 6.45) is 2.46. The number of aromatic nitrogens is 2. The molecule has 142 valence electrons. The number of nitrogens with zero attached hydrogens (tertiary/aromatic N) is 3. The van der Waals surface area contributed by atoms with Gasteiger partial charge in [0.15, 0.2) is 0 Å². The van der Waals surface area contributed by atoms with Gasteiger partial charge in [0.25, 0.3) is 5.56 Å². The largest absolute Gasteiger partial charge is 0.300 e. The van der Waals surface area contributed by atoms with Gasteiger partial charge in [-0.15, -0.1) is 0 Å². The number of allylic oxidation sites excluding steroid dienone is 1. The lowest BCUT2D eigenvalue weighted by Crippen LogP contribution is -2.27. The third-order valence-electron chi connectivity index (χ3n) is 4.35. The molecule has 1 amide bonds. The van der Waals surface area contributed by atoms with Crippen LogP contribution in [0, 0.1) is 18.6 Å². The fraction of sp³-hybridized carbons (Fsp3) is 0.316. The van der Waals surface area contributed by atoms with Crippen LogP contribution in [-0.2, 0) is 11.3 Å². The van der Waals surface area contributed by atoms with E-state index in [1.807, 2.05) is 0 Å². The first kappa shape index (κ1) is 18.8. The molecule has 1 aliphatic heterocycles. The number of benzene rings is 1. The number of nitrogens with one attached hydrogen (secondary N) is 1. The third-order valence-corrected chi connectivity index (χ3v) is 4.35. The third kappa shape index (κ3) is 4.39. The Morgan fingerprint density at radius 2 is 1.96 bits per heavy atom. The van der Waals surface area contributed by atoms with Gasteiger partial charge in [0.2, 0.25) is 5.91 Å². The maximum atomic E-state index is 13.5. The number of aromatic amines is 1. The van der Waals surface area contributed by atoms with Crippen molar-refractivity contribution in [3.05, 3.63) is 69.7 Å². The van der Waals surface area contributed by atoms with Crippen LogP contribution in [0.2, 0.25) is 0 Å². The zero-order chi connectivity index (χ0) is 19.6. The maximum Gasteiger partial charge on any atom is 0.266 e. The Labute approximate surface area is 154 Å². The molecule has 6 nitrogen and oxygen atoms in total. The summed E-state index contributed by atoms with van der Waals surface area (Å²) >= 11 is 0. The first-order chi connectivity index (χ1) is 12.8. The van der Waals surface area contributed by atoms with Gasteiger partial charge in [-0.05, 0) is 31.0 Å². The van der Waals surface area contributed by atoms with Crippen molar-refractivity contribution in [2.75, 3.05) is 0 Å². The number of amides is 1. The number of aryl methyl sites for hydroxylation is 1. The molecule has 3 rings (SSSR count). The van der Waals surface area contributed by atoms with Crippen molar-refractivity contribution in [1.82, 2.24) is 14.8 Å². The van der Waals surface area contributed by atoms with Crippen molar-refractivity contribution in [3.8, 4) is 0 Å². The standard InChI is InChI=1S/C19H20F2N4O2/c1-12(11-24-19(27)7-13(2)23-24)3-4-18(26)25-17(5-6-22-25)14-8-15(20)10-16(21)9-14/h6-10,17,23H,1,3-5,11H2,2H3. The summed E-state index contributed by atoms with van der Waals surface area (Å²) in [5.41, 5.74) is 1.67. The Morgan fingerprint density at radius 1 is 1.26 bits per heavy atom. The lowest BCUT2D eigenvalue weighted by molar-refractivity contribution is -0.133. The highest BCUT2D eigenvalue weighted by Crippen LogP contribution is 2.30. The van der Waals surface area contributed by atoms with Crippen LogP contribution in [0.5, 0.6) is 0 Å². The first-order valence-electron chi connectivity index (χ1n) is 8.57. The van der Waals surface area contributed by atoms with E-state index in [9.17, 15) is 18.4 Å². The molecule has 8 heteroatoms. The minimum absolute atomic E-state index is 0.138. The molecule has 0 spiro atoms. The maximum absolute atomic E-state index is 13.5. The number of hydrogen-bond donors (Lipinski definition) is 1. The molecule has 1 aromatic carbocycles. The Kier molecular flexibility index (Phi) is 5.34. The summed E-state index contributed by atoms with van der Waals surface area (Å²) in [5.74, 6) is -1.65. The summed E-state index contributed by atoms with van der Waals surface area (Å²) in [6.45, 7) is 5.99. The predicted molar refractivity (Wildman–Crippen MR) is 97.2 cm³/mol. The molecule has 1 unspecified atom stereocenters. The van der Waals surface area contributed by atoms with Gasteiger partial charge in [-0.2, -0.15) is 5.10 Å². The zero-order valence-corrected chi connectivity index (χ0v) is 14.9. The second kappa shape index (κ2) is 7.69. The molecule has 0 bridgehead atoms. The van der Waals surface area contributed by atoms with Crippen molar-refractivity contribution in [2.24, 2.45) is 5.10 Å². The average Bonchev–Trinajstić information content (AvgIpc) is 3.18. The molecule has 1 aromatic heterocycles. The Balaban J connectivity index is 1.61. The summed E-state index contributed by atoms with van der Waals surface area (Å²) in [7, 11) is 0. The fourth-order valence-corrected chi connectivity index (χ4v) is 3.08. The predicted octanol–water partition coefficient (Wildman–Crippen LogP) is 3.06. The van der Waals surface area contributed by atoms with E-state index in [-0.39, 0.29) is 17.9 Å². The molecule has 27 heavy (non-hydrogen) atoms. The molecule has 0 radical (unpaired) electrons. The number of hydrazone groups is 1. The van der Waals surface area contributed by atoms with Crippen molar-refractivity contribution < 1.29 is 13.6 Å². The summed E-state index contributed by atoms with van der Waals surface area (Å²) in [4.78, 5) is 24.2. The molecule has 2 heterocycles. The van der Waals surface area contributed by atoms with E-state index >= 15 is 0 Å². The normalized spacial score (nSPS) is 16.1. The van der Waals surface area contributed by atoms with Gasteiger partial charge < -0.3 is 0 Å². The molecule has 2 aromatic rings. The highest BCUT2D eigenvalue weighted by molar-refractivity contribution is 5.80. The smallest absolute Gasteiger partial charge is 0.266 e. The van der Waals surface area contributed by atoms with Gasteiger partial charge in [0.1, 0.15) is 11.6 Å². The number of hydrogen-bond acceptors (Lipinski definition) is 3. The summed E-state index contributed by atoms with van der Waals surface area (Å²) in [6, 6.07) is 4.17. The molecule has 0 saturated carbocycles. The molecule has 1 N–H and O–H groups in total. The lowest BCUT2D eigenvalue weighted by Gasteiger charge is -2.22. The second-order valence-corrected chi connectivity index (χ2v) is 6.60. The Bertz CT molecular complexity index is 941. The Hall–Kier alpha value is -3.03. The van der Waals surface area contributed by atoms with Gasteiger partial charge in [-0.3, -0.25) is 14.7 Å². The minimum atomic E-state index is -0.690. The number of carbonyl (C=O) groups is 1. The van der Waals surface area contributed by atoms with E-state index < -0.39 is 17.7 Å². The quantitative estimate of drug-likeness (QED) is 0.790. The van der Waals surface area contributed by atoms with Crippen LogP contribution >= 0.6 is 0 Å². The summed E-state index contributed by atoms with van der Waals surface area (Å²) < 4.78 is 28.4. The van der Waals surface area contributed by atoms with Crippen LogP contribution in [0.4, 0.5) is 8.78 Å². The summed E-state index contributed by atoms with van der Waals surface area (Å²) in [5, 5.41) is 8.22. The molecule has 0 fully saturated rings. The molecular formula is C19H20F2N4O2. The number of carbonyl (C=O) groups excluding carboxylic acids is 1. The van der Waals surface area contributed by atoms with Gasteiger partial charge in [0.05, 0.1) is 12.6 Å². The molecule has 1 aliphatic rings. The molecule has 0 aliphatic carbocycles. The van der Waals surface area contributed by atoms with Crippen molar-refractivity contribution >= 4 is 12.1 Å². The van der Waals surface area contributed by atoms with Crippen molar-refractivity contribution in [2.45, 2.75) is 38.8 Å². The first-order valence-corrected chi connectivity index (χ1v) is 8.57. The van der Waals surface area contributed by atoms with E-state index in [0.717, 1.165) is 11.8 Å². The van der Waals surface area contributed by atoms with Gasteiger partial charge in [-0.1, -0.05) is 12.2 Å². The second-order valence-electron chi connectivity index (χ2n) is 6.60. The topological polar surface area (TPSA) is 70.5 Å². The van der Waals surface area contributed by atoms with E-state index in [1.165, 1.54) is 27.9 Å². The van der Waals surface area contributed by atoms with Gasteiger partial charge >= 0.3 is 0 Å². The average molecular weight is 374 g/mol. The number of halogens is 2. The van der Waals surface area contributed by atoms with Crippen molar-refractivity contribution in [3.63, 3.8) is 0 Å². The van der Waals surface area contributed by atoms with E-state index in [0.29, 0.717) is 30.5 Å². The molecule has 0 saturated heterocycles. The van der Waals surface area contributed by atoms with E-state index in [1.54, 1.807) is 13.1 Å². The van der Waals surface area contributed by atoms with Crippen LogP contribution in [0.25, 0.3) is 0 Å². The number of rotatable bonds is 6.